The zero-order valence-electron chi connectivity index (χ0n) is 15.1. The number of amides is 1. The van der Waals surface area contributed by atoms with Gasteiger partial charge in [0.15, 0.2) is 0 Å². The number of fused-ring (bicyclic) bond motifs is 2. The highest BCUT2D eigenvalue weighted by molar-refractivity contribution is 5.84. The third-order valence-electron chi connectivity index (χ3n) is 6.65. The van der Waals surface area contributed by atoms with Gasteiger partial charge in [-0.25, -0.2) is 0 Å². The summed E-state index contributed by atoms with van der Waals surface area (Å²) in [6, 6.07) is 0. The van der Waals surface area contributed by atoms with Gasteiger partial charge in [-0.15, -0.1) is 0 Å². The molecule has 24 heavy (non-hydrogen) atoms. The van der Waals surface area contributed by atoms with Crippen LogP contribution in [0.1, 0.15) is 51.5 Å². The van der Waals surface area contributed by atoms with Crippen LogP contribution in [-0.2, 0) is 16.8 Å². The smallest absolute Gasteiger partial charge is 0.230 e. The fraction of sp³-hybridized carbons (Fsp3) is 0.789. The van der Waals surface area contributed by atoms with Gasteiger partial charge in [-0.3, -0.25) is 9.48 Å². The molecule has 0 saturated carbocycles. The molecule has 0 radical (unpaired) electrons. The third kappa shape index (κ3) is 2.57. The van der Waals surface area contributed by atoms with Gasteiger partial charge in [0.05, 0.1) is 17.2 Å². The summed E-state index contributed by atoms with van der Waals surface area (Å²) in [6.07, 6.45) is 10.6. The second-order valence-corrected chi connectivity index (χ2v) is 8.39. The Labute approximate surface area is 145 Å². The number of carbonyl (C=O) groups excluding carboxylic acids is 1. The Morgan fingerprint density at radius 2 is 1.88 bits per heavy atom. The van der Waals surface area contributed by atoms with E-state index in [1.165, 1.54) is 5.56 Å². The van der Waals surface area contributed by atoms with Gasteiger partial charge in [-0.05, 0) is 57.7 Å². The minimum absolute atomic E-state index is 0.0479. The summed E-state index contributed by atoms with van der Waals surface area (Å²) in [5.41, 5.74) is 1.33. The number of hydrogen-bond acceptors (Lipinski definition) is 3. The number of carbonyl (C=O) groups is 1. The minimum atomic E-state index is -0.0479. The lowest BCUT2D eigenvalue weighted by Gasteiger charge is -2.42. The van der Waals surface area contributed by atoms with E-state index in [1.807, 2.05) is 6.20 Å². The van der Waals surface area contributed by atoms with Crippen molar-refractivity contribution in [3.05, 3.63) is 18.0 Å². The summed E-state index contributed by atoms with van der Waals surface area (Å²) in [5, 5.41) is 4.62. The summed E-state index contributed by atoms with van der Waals surface area (Å²) >= 11 is 0. The highest BCUT2D eigenvalue weighted by atomic mass is 16.2. The lowest BCUT2D eigenvalue weighted by Crippen LogP contribution is -2.51. The van der Waals surface area contributed by atoms with Gasteiger partial charge in [-0.1, -0.05) is 13.3 Å². The Hall–Kier alpha value is -1.36. The van der Waals surface area contributed by atoms with Crippen LogP contribution < -0.4 is 0 Å². The molecule has 0 aromatic carbocycles. The molecule has 0 unspecified atom stereocenters. The van der Waals surface area contributed by atoms with Gasteiger partial charge in [0.2, 0.25) is 5.91 Å². The van der Waals surface area contributed by atoms with Crippen LogP contribution in [0.4, 0.5) is 0 Å². The molecular formula is C19H30N4O. The van der Waals surface area contributed by atoms with Crippen molar-refractivity contribution < 1.29 is 4.79 Å². The van der Waals surface area contributed by atoms with Gasteiger partial charge in [0.25, 0.3) is 0 Å². The fourth-order valence-electron chi connectivity index (χ4n) is 4.84. The van der Waals surface area contributed by atoms with E-state index in [0.29, 0.717) is 5.91 Å². The maximum Gasteiger partial charge on any atom is 0.230 e. The Balaban J connectivity index is 1.41. The molecule has 5 heteroatoms. The summed E-state index contributed by atoms with van der Waals surface area (Å²) in [5.74, 6) is 0.427. The van der Waals surface area contributed by atoms with Crippen LogP contribution in [0.25, 0.3) is 0 Å². The van der Waals surface area contributed by atoms with Crippen molar-refractivity contribution in [2.45, 2.75) is 57.9 Å². The van der Waals surface area contributed by atoms with E-state index < -0.39 is 0 Å². The van der Waals surface area contributed by atoms with Crippen molar-refractivity contribution in [1.29, 1.82) is 0 Å². The molecule has 132 valence electrons. The van der Waals surface area contributed by atoms with E-state index >= 15 is 0 Å². The lowest BCUT2D eigenvalue weighted by atomic mass is 9.81. The SMILES string of the molecule is CCCc1cnn(C2(C)CCN(C(=O)C34CCN(CC3)C4)CC2)c1. The molecule has 1 amide bonds. The van der Waals surface area contributed by atoms with Gasteiger partial charge in [0, 0.05) is 25.8 Å². The van der Waals surface area contributed by atoms with E-state index in [9.17, 15) is 4.79 Å². The molecule has 3 saturated heterocycles. The van der Waals surface area contributed by atoms with Crippen LogP contribution in [0, 0.1) is 5.41 Å². The van der Waals surface area contributed by atoms with Crippen molar-refractivity contribution in [2.75, 3.05) is 32.7 Å². The van der Waals surface area contributed by atoms with Gasteiger partial charge < -0.3 is 9.80 Å². The molecule has 4 heterocycles. The number of rotatable bonds is 4. The van der Waals surface area contributed by atoms with Crippen molar-refractivity contribution in [3.63, 3.8) is 0 Å². The molecule has 1 aromatic rings. The fourth-order valence-corrected chi connectivity index (χ4v) is 4.84. The van der Waals surface area contributed by atoms with Crippen molar-refractivity contribution >= 4 is 5.91 Å². The van der Waals surface area contributed by atoms with Crippen molar-refractivity contribution in [3.8, 4) is 0 Å². The quantitative estimate of drug-likeness (QED) is 0.850. The molecule has 3 fully saturated rings. The Kier molecular flexibility index (Phi) is 3.94. The minimum Gasteiger partial charge on any atom is -0.342 e. The number of likely N-dealkylation sites (tertiary alicyclic amines) is 1. The molecule has 0 spiro atoms. The van der Waals surface area contributed by atoms with Gasteiger partial charge in [-0.2, -0.15) is 5.10 Å². The average molecular weight is 330 g/mol. The summed E-state index contributed by atoms with van der Waals surface area (Å²) in [6.45, 7) is 9.48. The highest BCUT2D eigenvalue weighted by Crippen LogP contribution is 2.43. The van der Waals surface area contributed by atoms with Crippen LogP contribution in [0.15, 0.2) is 12.4 Å². The molecule has 0 aliphatic carbocycles. The molecule has 0 atom stereocenters. The standard InChI is InChI=1S/C19H30N4O/c1-3-4-16-13-20-23(14-16)18(2)5-11-22(12-6-18)17(24)19-7-9-21(15-19)10-8-19/h13-14H,3-12,15H2,1-2H3. The van der Waals surface area contributed by atoms with Crippen LogP contribution >= 0.6 is 0 Å². The zero-order valence-corrected chi connectivity index (χ0v) is 15.1. The van der Waals surface area contributed by atoms with Gasteiger partial charge >= 0.3 is 0 Å². The lowest BCUT2D eigenvalue weighted by molar-refractivity contribution is -0.143. The molecule has 3 aliphatic rings. The van der Waals surface area contributed by atoms with Crippen LogP contribution in [0.3, 0.4) is 0 Å². The molecule has 0 N–H and O–H groups in total. The number of aromatic nitrogens is 2. The molecular weight excluding hydrogens is 300 g/mol. The molecule has 5 nitrogen and oxygen atoms in total. The largest absolute Gasteiger partial charge is 0.342 e. The predicted octanol–water partition coefficient (Wildman–Crippen LogP) is 2.27. The highest BCUT2D eigenvalue weighted by Gasteiger charge is 2.51. The van der Waals surface area contributed by atoms with E-state index in [2.05, 4.69) is 39.6 Å². The summed E-state index contributed by atoms with van der Waals surface area (Å²) in [7, 11) is 0. The second-order valence-electron chi connectivity index (χ2n) is 8.39. The van der Waals surface area contributed by atoms with Crippen molar-refractivity contribution in [1.82, 2.24) is 19.6 Å². The maximum atomic E-state index is 13.1. The van der Waals surface area contributed by atoms with Crippen molar-refractivity contribution in [2.24, 2.45) is 5.41 Å². The van der Waals surface area contributed by atoms with E-state index in [-0.39, 0.29) is 11.0 Å². The Bertz CT molecular complexity index is 607. The number of piperidine rings is 2. The zero-order chi connectivity index (χ0) is 16.8. The third-order valence-corrected chi connectivity index (χ3v) is 6.65. The number of aryl methyl sites for hydroxylation is 1. The molecule has 4 rings (SSSR count). The first-order valence-corrected chi connectivity index (χ1v) is 9.60. The normalized spacial score (nSPS) is 31.6. The Morgan fingerprint density at radius 3 is 2.46 bits per heavy atom. The first kappa shape index (κ1) is 16.1. The van der Waals surface area contributed by atoms with Gasteiger partial charge in [0.1, 0.15) is 0 Å². The summed E-state index contributed by atoms with van der Waals surface area (Å²) in [4.78, 5) is 17.7. The molecule has 1 aromatic heterocycles. The van der Waals surface area contributed by atoms with E-state index in [0.717, 1.165) is 71.2 Å². The van der Waals surface area contributed by atoms with E-state index in [4.69, 9.17) is 0 Å². The van der Waals surface area contributed by atoms with Crippen LogP contribution in [0.2, 0.25) is 0 Å². The molecule has 2 bridgehead atoms. The average Bonchev–Trinajstić information content (AvgIpc) is 3.32. The molecule has 3 aliphatic heterocycles. The summed E-state index contributed by atoms with van der Waals surface area (Å²) < 4.78 is 2.16. The van der Waals surface area contributed by atoms with Crippen LogP contribution in [0.5, 0.6) is 0 Å². The Morgan fingerprint density at radius 1 is 1.17 bits per heavy atom. The maximum absolute atomic E-state index is 13.1. The first-order valence-electron chi connectivity index (χ1n) is 9.60. The number of hydrogen-bond donors (Lipinski definition) is 0. The second kappa shape index (κ2) is 5.87. The monoisotopic (exact) mass is 330 g/mol. The predicted molar refractivity (Wildman–Crippen MR) is 93.8 cm³/mol. The van der Waals surface area contributed by atoms with E-state index in [1.54, 1.807) is 0 Å². The first-order chi connectivity index (χ1) is 11.5. The topological polar surface area (TPSA) is 41.4 Å². The van der Waals surface area contributed by atoms with Crippen LogP contribution in [-0.4, -0.2) is 58.2 Å². The number of nitrogens with zero attached hydrogens (tertiary/aromatic N) is 4.